The number of hydrogen-bond donors (Lipinski definition) is 2. The molecular formula is C13H20BrClN2. The van der Waals surface area contributed by atoms with E-state index in [2.05, 4.69) is 46.5 Å². The van der Waals surface area contributed by atoms with Crippen LogP contribution < -0.4 is 10.6 Å². The van der Waals surface area contributed by atoms with Crippen LogP contribution in [0.25, 0.3) is 0 Å². The summed E-state index contributed by atoms with van der Waals surface area (Å²) in [5.41, 5.74) is 1.13. The second-order valence-electron chi connectivity index (χ2n) is 4.22. The molecule has 0 aliphatic rings. The van der Waals surface area contributed by atoms with Crippen LogP contribution in [-0.2, 0) is 6.54 Å². The average molecular weight is 320 g/mol. The number of hydrogen-bond acceptors (Lipinski definition) is 2. The van der Waals surface area contributed by atoms with Crippen molar-refractivity contribution in [3.8, 4) is 0 Å². The molecule has 0 fully saturated rings. The van der Waals surface area contributed by atoms with Crippen LogP contribution in [0, 0.1) is 0 Å². The van der Waals surface area contributed by atoms with Crippen molar-refractivity contribution in [3.63, 3.8) is 0 Å². The van der Waals surface area contributed by atoms with Gasteiger partial charge in [0.1, 0.15) is 0 Å². The van der Waals surface area contributed by atoms with Crippen LogP contribution in [0.4, 0.5) is 0 Å². The second kappa shape index (κ2) is 8.09. The standard InChI is InChI=1S/C13H20BrClN2/c1-3-6-16-8-10(2)17-9-11-7-12(14)4-5-13(11)15/h4-5,7,10,16-17H,3,6,8-9H2,1-2H3. The zero-order chi connectivity index (χ0) is 12.7. The first kappa shape index (κ1) is 15.0. The molecule has 0 heterocycles. The Morgan fingerprint density at radius 1 is 1.41 bits per heavy atom. The highest BCUT2D eigenvalue weighted by atomic mass is 79.9. The zero-order valence-corrected chi connectivity index (χ0v) is 12.7. The van der Waals surface area contributed by atoms with Crippen LogP contribution in [0.15, 0.2) is 22.7 Å². The van der Waals surface area contributed by atoms with E-state index in [1.165, 1.54) is 6.42 Å². The van der Waals surface area contributed by atoms with Gasteiger partial charge in [-0.3, -0.25) is 0 Å². The van der Waals surface area contributed by atoms with E-state index in [9.17, 15) is 0 Å². The van der Waals surface area contributed by atoms with Crippen molar-refractivity contribution in [1.29, 1.82) is 0 Å². The van der Waals surface area contributed by atoms with E-state index < -0.39 is 0 Å². The second-order valence-corrected chi connectivity index (χ2v) is 5.54. The molecule has 1 aromatic rings. The summed E-state index contributed by atoms with van der Waals surface area (Å²) < 4.78 is 1.07. The van der Waals surface area contributed by atoms with Gasteiger partial charge in [0.25, 0.3) is 0 Å². The van der Waals surface area contributed by atoms with Crippen LogP contribution in [0.3, 0.4) is 0 Å². The molecule has 0 radical (unpaired) electrons. The van der Waals surface area contributed by atoms with E-state index in [-0.39, 0.29) is 0 Å². The molecular weight excluding hydrogens is 300 g/mol. The molecule has 1 unspecified atom stereocenters. The average Bonchev–Trinajstić information content (AvgIpc) is 2.31. The summed E-state index contributed by atoms with van der Waals surface area (Å²) in [6, 6.07) is 6.37. The number of halogens is 2. The molecule has 1 atom stereocenters. The molecule has 4 heteroatoms. The van der Waals surface area contributed by atoms with E-state index >= 15 is 0 Å². The van der Waals surface area contributed by atoms with Crippen molar-refractivity contribution in [2.75, 3.05) is 13.1 Å². The predicted octanol–water partition coefficient (Wildman–Crippen LogP) is 3.58. The maximum absolute atomic E-state index is 6.13. The summed E-state index contributed by atoms with van der Waals surface area (Å²) >= 11 is 9.59. The van der Waals surface area contributed by atoms with E-state index in [0.717, 1.165) is 34.7 Å². The molecule has 0 aliphatic heterocycles. The summed E-state index contributed by atoms with van der Waals surface area (Å²) in [5.74, 6) is 0. The maximum atomic E-state index is 6.13. The third-order valence-corrected chi connectivity index (χ3v) is 3.39. The Morgan fingerprint density at radius 3 is 2.88 bits per heavy atom. The first-order valence-corrected chi connectivity index (χ1v) is 7.18. The minimum absolute atomic E-state index is 0.441. The minimum atomic E-state index is 0.441. The fraction of sp³-hybridized carbons (Fsp3) is 0.538. The van der Waals surface area contributed by atoms with Gasteiger partial charge in [-0.15, -0.1) is 0 Å². The van der Waals surface area contributed by atoms with E-state index in [4.69, 9.17) is 11.6 Å². The van der Waals surface area contributed by atoms with Crippen molar-refractivity contribution < 1.29 is 0 Å². The monoisotopic (exact) mass is 318 g/mol. The third kappa shape index (κ3) is 5.87. The van der Waals surface area contributed by atoms with Gasteiger partial charge in [0, 0.05) is 28.6 Å². The van der Waals surface area contributed by atoms with Crippen molar-refractivity contribution in [3.05, 3.63) is 33.3 Å². The van der Waals surface area contributed by atoms with Crippen LogP contribution in [0.2, 0.25) is 5.02 Å². The molecule has 0 spiro atoms. The minimum Gasteiger partial charge on any atom is -0.315 e. The highest BCUT2D eigenvalue weighted by Gasteiger charge is 2.04. The number of nitrogens with one attached hydrogen (secondary N) is 2. The lowest BCUT2D eigenvalue weighted by molar-refractivity contribution is 0.501. The number of benzene rings is 1. The van der Waals surface area contributed by atoms with Gasteiger partial charge in [-0.25, -0.2) is 0 Å². The summed E-state index contributed by atoms with van der Waals surface area (Å²) in [7, 11) is 0. The Balaban J connectivity index is 2.36. The lowest BCUT2D eigenvalue weighted by Gasteiger charge is -2.15. The molecule has 0 aliphatic carbocycles. The summed E-state index contributed by atoms with van der Waals surface area (Å²) in [6.45, 7) is 7.21. The third-order valence-electron chi connectivity index (χ3n) is 2.53. The van der Waals surface area contributed by atoms with Crippen molar-refractivity contribution in [2.24, 2.45) is 0 Å². The normalized spacial score (nSPS) is 12.7. The lowest BCUT2D eigenvalue weighted by atomic mass is 10.2. The molecule has 2 N–H and O–H groups in total. The SMILES string of the molecule is CCCNCC(C)NCc1cc(Br)ccc1Cl. The zero-order valence-electron chi connectivity index (χ0n) is 10.4. The topological polar surface area (TPSA) is 24.1 Å². The Kier molecular flexibility index (Phi) is 7.12. The largest absolute Gasteiger partial charge is 0.315 e. The Labute approximate surface area is 117 Å². The highest BCUT2D eigenvalue weighted by molar-refractivity contribution is 9.10. The van der Waals surface area contributed by atoms with Gasteiger partial charge in [0.15, 0.2) is 0 Å². The van der Waals surface area contributed by atoms with Crippen molar-refractivity contribution >= 4 is 27.5 Å². The fourth-order valence-corrected chi connectivity index (χ4v) is 2.12. The van der Waals surface area contributed by atoms with Crippen LogP contribution in [-0.4, -0.2) is 19.1 Å². The molecule has 96 valence electrons. The van der Waals surface area contributed by atoms with Crippen LogP contribution in [0.1, 0.15) is 25.8 Å². The Morgan fingerprint density at radius 2 is 2.18 bits per heavy atom. The molecule has 17 heavy (non-hydrogen) atoms. The van der Waals surface area contributed by atoms with Gasteiger partial charge in [-0.1, -0.05) is 34.5 Å². The molecule has 0 amide bonds. The Bertz CT molecular complexity index is 344. The first-order chi connectivity index (χ1) is 8.13. The van der Waals surface area contributed by atoms with Crippen molar-refractivity contribution in [1.82, 2.24) is 10.6 Å². The smallest absolute Gasteiger partial charge is 0.0451 e. The van der Waals surface area contributed by atoms with E-state index in [1.54, 1.807) is 0 Å². The van der Waals surface area contributed by atoms with Gasteiger partial charge >= 0.3 is 0 Å². The van der Waals surface area contributed by atoms with Gasteiger partial charge in [-0.05, 0) is 43.7 Å². The van der Waals surface area contributed by atoms with Gasteiger partial charge in [0.05, 0.1) is 0 Å². The molecule has 0 saturated carbocycles. The highest BCUT2D eigenvalue weighted by Crippen LogP contribution is 2.20. The lowest BCUT2D eigenvalue weighted by Crippen LogP contribution is -2.36. The number of rotatable bonds is 7. The van der Waals surface area contributed by atoms with Gasteiger partial charge in [-0.2, -0.15) is 0 Å². The summed E-state index contributed by atoms with van der Waals surface area (Å²) in [4.78, 5) is 0. The van der Waals surface area contributed by atoms with Crippen molar-refractivity contribution in [2.45, 2.75) is 32.9 Å². The Hall–Kier alpha value is -0.0900. The molecule has 0 saturated heterocycles. The molecule has 0 aromatic heterocycles. The summed E-state index contributed by atoms with van der Waals surface area (Å²) in [6.07, 6.45) is 1.17. The van der Waals surface area contributed by atoms with E-state index in [0.29, 0.717) is 6.04 Å². The van der Waals surface area contributed by atoms with Gasteiger partial charge in [0.2, 0.25) is 0 Å². The molecule has 2 nitrogen and oxygen atoms in total. The molecule has 0 bridgehead atoms. The van der Waals surface area contributed by atoms with Crippen LogP contribution in [0.5, 0.6) is 0 Å². The maximum Gasteiger partial charge on any atom is 0.0451 e. The summed E-state index contributed by atoms with van der Waals surface area (Å²) in [5, 5.41) is 7.66. The van der Waals surface area contributed by atoms with Crippen LogP contribution >= 0.6 is 27.5 Å². The predicted molar refractivity (Wildman–Crippen MR) is 78.6 cm³/mol. The molecule has 1 aromatic carbocycles. The molecule has 1 rings (SSSR count). The fourth-order valence-electron chi connectivity index (χ4n) is 1.53. The quantitative estimate of drug-likeness (QED) is 0.751. The van der Waals surface area contributed by atoms with E-state index in [1.807, 2.05) is 12.1 Å². The first-order valence-electron chi connectivity index (χ1n) is 6.01. The van der Waals surface area contributed by atoms with Gasteiger partial charge < -0.3 is 10.6 Å².